The maximum atomic E-state index is 6.34. The molecule has 0 aliphatic heterocycles. The fourth-order valence-corrected chi connectivity index (χ4v) is 6.92. The van der Waals surface area contributed by atoms with E-state index < -0.39 is 0 Å². The van der Waals surface area contributed by atoms with Gasteiger partial charge in [0.25, 0.3) is 0 Å². The third-order valence-electron chi connectivity index (χ3n) is 8.78. The fraction of sp³-hybridized carbons (Fsp3) is 0.0833. The van der Waals surface area contributed by atoms with Crippen molar-refractivity contribution in [3.63, 3.8) is 0 Å². The summed E-state index contributed by atoms with van der Waals surface area (Å²) in [6.45, 7) is 4.66. The molecule has 8 aromatic rings. The smallest absolute Gasteiger partial charge is 0.309 e. The Morgan fingerprint density at radius 2 is 1.25 bits per heavy atom. The molecule has 0 fully saturated rings. The number of fused-ring (bicyclic) bond motifs is 9. The molecule has 0 bridgehead atoms. The molecule has 40 heavy (non-hydrogen) atoms. The molecule has 3 aromatic heterocycles. The Bertz CT molecular complexity index is 2260. The van der Waals surface area contributed by atoms with Crippen LogP contribution >= 0.6 is 0 Å². The third-order valence-corrected chi connectivity index (χ3v) is 8.78. The highest BCUT2D eigenvalue weighted by Gasteiger charge is 2.36. The molecule has 3 heterocycles. The third kappa shape index (κ3) is 2.68. The number of benzene rings is 5. The van der Waals surface area contributed by atoms with E-state index in [2.05, 4.69) is 126 Å². The van der Waals surface area contributed by atoms with Crippen molar-refractivity contribution in [2.45, 2.75) is 19.3 Å². The lowest BCUT2D eigenvalue weighted by molar-refractivity contribution is 0.641. The van der Waals surface area contributed by atoms with Gasteiger partial charge in [-0.05, 0) is 52.6 Å². The molecule has 0 amide bonds. The largest absolute Gasteiger partial charge is 0.423 e. The molecule has 0 radical (unpaired) electrons. The molecule has 0 N–H and O–H groups in total. The minimum absolute atomic E-state index is 0.1000. The van der Waals surface area contributed by atoms with Gasteiger partial charge in [-0.1, -0.05) is 98.8 Å². The first-order chi connectivity index (χ1) is 19.6. The number of oxazole rings is 1. The second-order valence-corrected chi connectivity index (χ2v) is 11.3. The Morgan fingerprint density at radius 3 is 2.02 bits per heavy atom. The van der Waals surface area contributed by atoms with Crippen molar-refractivity contribution < 1.29 is 4.42 Å². The molecule has 4 heteroatoms. The Kier molecular flexibility index (Phi) is 4.10. The van der Waals surface area contributed by atoms with Gasteiger partial charge in [-0.2, -0.15) is 4.98 Å². The number of rotatable bonds is 2. The summed E-state index contributed by atoms with van der Waals surface area (Å²) in [6, 6.07) is 41.0. The topological polar surface area (TPSA) is 35.4 Å². The van der Waals surface area contributed by atoms with Crippen molar-refractivity contribution in [1.82, 2.24) is 14.0 Å². The predicted octanol–water partition coefficient (Wildman–Crippen LogP) is 9.15. The first kappa shape index (κ1) is 21.8. The van der Waals surface area contributed by atoms with Crippen LogP contribution < -0.4 is 0 Å². The maximum absolute atomic E-state index is 6.34. The van der Waals surface area contributed by atoms with Crippen LogP contribution in [0.1, 0.15) is 25.0 Å². The summed E-state index contributed by atoms with van der Waals surface area (Å²) >= 11 is 0. The summed E-state index contributed by atoms with van der Waals surface area (Å²) in [7, 11) is 0. The van der Waals surface area contributed by atoms with Gasteiger partial charge in [0.1, 0.15) is 5.69 Å². The van der Waals surface area contributed by atoms with E-state index in [1.807, 2.05) is 12.1 Å². The lowest BCUT2D eigenvalue weighted by Crippen LogP contribution is -2.15. The second kappa shape index (κ2) is 7.51. The summed E-state index contributed by atoms with van der Waals surface area (Å²) in [5, 5.41) is 2.42. The van der Waals surface area contributed by atoms with Gasteiger partial charge in [0.15, 0.2) is 11.4 Å². The van der Waals surface area contributed by atoms with Crippen LogP contribution in [0.15, 0.2) is 120 Å². The Labute approximate surface area is 230 Å². The van der Waals surface area contributed by atoms with Crippen LogP contribution in [0.4, 0.5) is 0 Å². The number of aromatic nitrogens is 3. The van der Waals surface area contributed by atoms with Crippen LogP contribution in [0.25, 0.3) is 67.0 Å². The van der Waals surface area contributed by atoms with Gasteiger partial charge in [0.05, 0.1) is 16.6 Å². The molecule has 1 aliphatic rings. The molecule has 5 aromatic carbocycles. The highest BCUT2D eigenvalue weighted by molar-refractivity contribution is 6.09. The number of para-hydroxylation sites is 4. The normalized spacial score (nSPS) is 13.9. The summed E-state index contributed by atoms with van der Waals surface area (Å²) in [4.78, 5) is 5.20. The maximum Gasteiger partial charge on any atom is 0.309 e. The highest BCUT2D eigenvalue weighted by Crippen LogP contribution is 2.50. The van der Waals surface area contributed by atoms with E-state index in [-0.39, 0.29) is 5.41 Å². The number of hydrogen-bond donors (Lipinski definition) is 0. The molecule has 9 rings (SSSR count). The van der Waals surface area contributed by atoms with E-state index in [9.17, 15) is 0 Å². The second-order valence-electron chi connectivity index (χ2n) is 11.3. The van der Waals surface area contributed by atoms with Crippen LogP contribution in [-0.4, -0.2) is 14.0 Å². The van der Waals surface area contributed by atoms with Crippen molar-refractivity contribution in [2.24, 2.45) is 0 Å². The van der Waals surface area contributed by atoms with Crippen LogP contribution in [0, 0.1) is 0 Å². The highest BCUT2D eigenvalue weighted by atomic mass is 16.4. The van der Waals surface area contributed by atoms with Gasteiger partial charge in [0.2, 0.25) is 0 Å². The number of hydrogen-bond acceptors (Lipinski definition) is 2. The summed E-state index contributed by atoms with van der Waals surface area (Å²) in [5.41, 5.74) is 11.5. The summed E-state index contributed by atoms with van der Waals surface area (Å²) in [5.74, 6) is 1.46. The molecule has 4 nitrogen and oxygen atoms in total. The monoisotopic (exact) mass is 515 g/mol. The zero-order valence-electron chi connectivity index (χ0n) is 22.2. The fourth-order valence-electron chi connectivity index (χ4n) is 6.92. The quantitative estimate of drug-likeness (QED) is 0.230. The minimum Gasteiger partial charge on any atom is -0.423 e. The number of nitrogens with zero attached hydrogens (tertiary/aromatic N) is 3. The Balaban J connectivity index is 1.42. The van der Waals surface area contributed by atoms with Crippen molar-refractivity contribution in [3.8, 4) is 28.2 Å². The van der Waals surface area contributed by atoms with Gasteiger partial charge in [-0.3, -0.25) is 8.97 Å². The van der Waals surface area contributed by atoms with Crippen molar-refractivity contribution in [2.75, 3.05) is 0 Å². The van der Waals surface area contributed by atoms with Crippen LogP contribution in [-0.2, 0) is 5.41 Å². The molecule has 0 atom stereocenters. The van der Waals surface area contributed by atoms with Gasteiger partial charge in [-0.25, -0.2) is 0 Å². The molecular formula is C36H25N3O. The van der Waals surface area contributed by atoms with E-state index >= 15 is 0 Å². The first-order valence-corrected chi connectivity index (χ1v) is 13.7. The molecular weight excluding hydrogens is 490 g/mol. The molecule has 0 spiro atoms. The van der Waals surface area contributed by atoms with E-state index in [0.717, 1.165) is 39.2 Å². The average molecular weight is 516 g/mol. The van der Waals surface area contributed by atoms with E-state index in [0.29, 0.717) is 5.84 Å². The molecule has 0 saturated carbocycles. The predicted molar refractivity (Wildman–Crippen MR) is 162 cm³/mol. The van der Waals surface area contributed by atoms with Gasteiger partial charge in [-0.15, -0.1) is 0 Å². The molecule has 0 unspecified atom stereocenters. The van der Waals surface area contributed by atoms with Crippen LogP contribution in [0.3, 0.4) is 0 Å². The zero-order valence-corrected chi connectivity index (χ0v) is 22.2. The average Bonchev–Trinajstić information content (AvgIpc) is 3.69. The summed E-state index contributed by atoms with van der Waals surface area (Å²) in [6.07, 6.45) is 0. The lowest BCUT2D eigenvalue weighted by Gasteiger charge is -2.22. The van der Waals surface area contributed by atoms with Gasteiger partial charge < -0.3 is 4.42 Å². The first-order valence-electron chi connectivity index (χ1n) is 13.7. The minimum atomic E-state index is -0.1000. The Morgan fingerprint density at radius 1 is 0.625 bits per heavy atom. The molecule has 1 aliphatic carbocycles. The standard InChI is InChI=1S/C36H25N3O/c1-36(2)27-14-6-3-11-23(27)24-20-19-22(21-28(24)36)33-34(37-35-39(33)31-17-9-10-18-32(31)40-35)38-29-15-7-4-12-25(29)26-13-5-8-16-30(26)38/h3-21H,1-2H3. The molecule has 190 valence electrons. The van der Waals surface area contributed by atoms with E-state index in [1.165, 1.54) is 33.0 Å². The molecule has 0 saturated heterocycles. The van der Waals surface area contributed by atoms with Crippen molar-refractivity contribution in [3.05, 3.63) is 126 Å². The van der Waals surface area contributed by atoms with E-state index in [4.69, 9.17) is 9.40 Å². The van der Waals surface area contributed by atoms with Gasteiger partial charge in [0, 0.05) is 21.8 Å². The number of imidazole rings is 1. The van der Waals surface area contributed by atoms with Crippen molar-refractivity contribution >= 4 is 38.7 Å². The van der Waals surface area contributed by atoms with E-state index in [1.54, 1.807) is 0 Å². The Hall–Kier alpha value is -5.09. The SMILES string of the molecule is CC1(C)c2ccccc2-c2ccc(-c3c(-n4c5ccccc5c5ccccc54)nc4oc5ccccc5n34)cc21. The summed E-state index contributed by atoms with van der Waals surface area (Å²) < 4.78 is 10.8. The lowest BCUT2D eigenvalue weighted by atomic mass is 9.82. The van der Waals surface area contributed by atoms with Gasteiger partial charge >= 0.3 is 5.84 Å². The van der Waals surface area contributed by atoms with Crippen LogP contribution in [0.5, 0.6) is 0 Å². The zero-order chi connectivity index (χ0) is 26.6. The van der Waals surface area contributed by atoms with Crippen molar-refractivity contribution in [1.29, 1.82) is 0 Å². The van der Waals surface area contributed by atoms with Crippen LogP contribution in [0.2, 0.25) is 0 Å².